The van der Waals surface area contributed by atoms with Crippen LogP contribution < -0.4 is 0 Å². The van der Waals surface area contributed by atoms with Gasteiger partial charge >= 0.3 is 6.18 Å². The van der Waals surface area contributed by atoms with Gasteiger partial charge in [-0.15, -0.1) is 10.2 Å². The summed E-state index contributed by atoms with van der Waals surface area (Å²) in [4.78, 5) is 13.6. The Labute approximate surface area is 148 Å². The van der Waals surface area contributed by atoms with Gasteiger partial charge in [0.15, 0.2) is 5.82 Å². The Morgan fingerprint density at radius 1 is 1.35 bits per heavy atom. The minimum absolute atomic E-state index is 0.0255. The molecule has 2 aromatic rings. The van der Waals surface area contributed by atoms with Crippen LogP contribution in [0.15, 0.2) is 18.5 Å². The van der Waals surface area contributed by atoms with Gasteiger partial charge in [-0.3, -0.25) is 9.48 Å². The predicted molar refractivity (Wildman–Crippen MR) is 86.2 cm³/mol. The Bertz CT molecular complexity index is 740. The molecule has 1 atom stereocenters. The molecule has 1 saturated heterocycles. The number of halogens is 3. The first kappa shape index (κ1) is 18.4. The summed E-state index contributed by atoms with van der Waals surface area (Å²) in [5, 5.41) is 12.6. The summed E-state index contributed by atoms with van der Waals surface area (Å²) in [5.41, 5.74) is 0. The monoisotopic (exact) mass is 370 g/mol. The van der Waals surface area contributed by atoms with Crippen LogP contribution in [0.25, 0.3) is 0 Å². The number of hydrogen-bond donors (Lipinski definition) is 0. The lowest BCUT2D eigenvalue weighted by molar-refractivity contribution is -0.149. The number of alkyl halides is 3. The molecule has 0 aromatic carbocycles. The van der Waals surface area contributed by atoms with E-state index in [0.29, 0.717) is 19.6 Å². The van der Waals surface area contributed by atoms with Crippen LogP contribution in [-0.4, -0.2) is 54.6 Å². The molecule has 1 amide bonds. The molecule has 0 unspecified atom stereocenters. The lowest BCUT2D eigenvalue weighted by Crippen LogP contribution is -2.40. The van der Waals surface area contributed by atoms with Crippen molar-refractivity contribution < 1.29 is 18.0 Å². The van der Waals surface area contributed by atoms with Gasteiger partial charge in [0.1, 0.15) is 12.4 Å². The largest absolute Gasteiger partial charge is 0.389 e. The van der Waals surface area contributed by atoms with Crippen molar-refractivity contribution >= 4 is 5.91 Å². The van der Waals surface area contributed by atoms with E-state index >= 15 is 0 Å². The zero-order valence-electron chi connectivity index (χ0n) is 14.5. The molecule has 10 heteroatoms. The maximum absolute atomic E-state index is 12.3. The quantitative estimate of drug-likeness (QED) is 0.808. The van der Waals surface area contributed by atoms with E-state index in [1.54, 1.807) is 10.9 Å². The zero-order chi connectivity index (χ0) is 18.7. The van der Waals surface area contributed by atoms with Crippen LogP contribution in [0.2, 0.25) is 0 Å². The van der Waals surface area contributed by atoms with Crippen LogP contribution in [0.3, 0.4) is 0 Å². The normalized spacial score (nSPS) is 18.3. The van der Waals surface area contributed by atoms with Crippen LogP contribution in [0.5, 0.6) is 0 Å². The Morgan fingerprint density at radius 3 is 2.85 bits per heavy atom. The standard InChI is InChI=1S/C16H21F3N6O/c1-23-13(11-25-9-3-7-20-25)21-22-15(23)12-4-2-8-24(10-12)14(26)5-6-16(17,18)19/h3,7,9,12H,2,4-6,8,10-11H2,1H3/t12-/m1/s1. The Balaban J connectivity index is 1.64. The molecule has 0 radical (unpaired) electrons. The highest BCUT2D eigenvalue weighted by atomic mass is 19.4. The number of likely N-dealkylation sites (tertiary alicyclic amines) is 1. The molecule has 0 aliphatic carbocycles. The highest BCUT2D eigenvalue weighted by Crippen LogP contribution is 2.28. The molecule has 1 aliphatic rings. The smallest absolute Gasteiger partial charge is 0.342 e. The van der Waals surface area contributed by atoms with E-state index in [1.165, 1.54) is 4.90 Å². The third kappa shape index (κ3) is 4.41. The van der Waals surface area contributed by atoms with Gasteiger partial charge in [0.2, 0.25) is 5.91 Å². The summed E-state index contributed by atoms with van der Waals surface area (Å²) in [5.74, 6) is 1.01. The second-order valence-electron chi connectivity index (χ2n) is 6.53. The molecule has 142 valence electrons. The van der Waals surface area contributed by atoms with Crippen molar-refractivity contribution in [2.75, 3.05) is 13.1 Å². The van der Waals surface area contributed by atoms with Gasteiger partial charge in [-0.1, -0.05) is 0 Å². The van der Waals surface area contributed by atoms with Crippen molar-refractivity contribution in [2.45, 2.75) is 44.3 Å². The highest BCUT2D eigenvalue weighted by molar-refractivity contribution is 5.76. The van der Waals surface area contributed by atoms with Gasteiger partial charge in [0.25, 0.3) is 0 Å². The Morgan fingerprint density at radius 2 is 2.15 bits per heavy atom. The van der Waals surface area contributed by atoms with Crippen molar-refractivity contribution in [3.63, 3.8) is 0 Å². The van der Waals surface area contributed by atoms with E-state index in [9.17, 15) is 18.0 Å². The Hall–Kier alpha value is -2.39. The van der Waals surface area contributed by atoms with Crippen LogP contribution in [0, 0.1) is 0 Å². The topological polar surface area (TPSA) is 68.8 Å². The molecule has 0 spiro atoms. The summed E-state index contributed by atoms with van der Waals surface area (Å²) in [6, 6.07) is 1.82. The van der Waals surface area contributed by atoms with E-state index in [0.717, 1.165) is 24.5 Å². The fourth-order valence-electron chi connectivity index (χ4n) is 3.23. The van der Waals surface area contributed by atoms with Crippen LogP contribution >= 0.6 is 0 Å². The van der Waals surface area contributed by atoms with Crippen molar-refractivity contribution in [1.82, 2.24) is 29.4 Å². The maximum atomic E-state index is 12.3. The molecule has 1 aliphatic heterocycles. The van der Waals surface area contributed by atoms with Crippen molar-refractivity contribution in [1.29, 1.82) is 0 Å². The summed E-state index contributed by atoms with van der Waals surface area (Å²) < 4.78 is 40.6. The van der Waals surface area contributed by atoms with Gasteiger partial charge < -0.3 is 9.47 Å². The number of rotatable bonds is 5. The molecule has 1 fully saturated rings. The zero-order valence-corrected chi connectivity index (χ0v) is 14.5. The summed E-state index contributed by atoms with van der Waals surface area (Å²) >= 11 is 0. The molecule has 3 rings (SSSR count). The molecule has 0 saturated carbocycles. The molecule has 7 nitrogen and oxygen atoms in total. The third-order valence-corrected chi connectivity index (χ3v) is 4.62. The average Bonchev–Trinajstić information content (AvgIpc) is 3.23. The lowest BCUT2D eigenvalue weighted by Gasteiger charge is -2.32. The van der Waals surface area contributed by atoms with Gasteiger partial charge in [-0.05, 0) is 18.9 Å². The van der Waals surface area contributed by atoms with E-state index in [4.69, 9.17) is 0 Å². The van der Waals surface area contributed by atoms with Crippen molar-refractivity contribution in [3.05, 3.63) is 30.1 Å². The van der Waals surface area contributed by atoms with Crippen LogP contribution in [0.4, 0.5) is 13.2 Å². The van der Waals surface area contributed by atoms with Crippen LogP contribution in [0.1, 0.15) is 43.3 Å². The first-order valence-corrected chi connectivity index (χ1v) is 8.53. The summed E-state index contributed by atoms with van der Waals surface area (Å²) in [7, 11) is 1.86. The molecule has 2 aromatic heterocycles. The van der Waals surface area contributed by atoms with E-state index < -0.39 is 24.9 Å². The van der Waals surface area contributed by atoms with Crippen molar-refractivity contribution in [3.8, 4) is 0 Å². The lowest BCUT2D eigenvalue weighted by atomic mass is 9.96. The van der Waals surface area contributed by atoms with Crippen LogP contribution in [-0.2, 0) is 18.4 Å². The predicted octanol–water partition coefficient (Wildman–Crippen LogP) is 2.11. The fourth-order valence-corrected chi connectivity index (χ4v) is 3.23. The first-order chi connectivity index (χ1) is 12.3. The molecule has 0 N–H and O–H groups in total. The van der Waals surface area contributed by atoms with Crippen molar-refractivity contribution in [2.24, 2.45) is 7.05 Å². The molecule has 0 bridgehead atoms. The number of nitrogens with zero attached hydrogens (tertiary/aromatic N) is 6. The van der Waals surface area contributed by atoms with Gasteiger partial charge in [0.05, 0.1) is 6.42 Å². The summed E-state index contributed by atoms with van der Waals surface area (Å²) in [6.07, 6.45) is -0.806. The maximum Gasteiger partial charge on any atom is 0.389 e. The average molecular weight is 370 g/mol. The Kier molecular flexibility index (Phi) is 5.28. The molecular weight excluding hydrogens is 349 g/mol. The van der Waals surface area contributed by atoms with E-state index in [2.05, 4.69) is 15.3 Å². The third-order valence-electron chi connectivity index (χ3n) is 4.62. The van der Waals surface area contributed by atoms with E-state index in [-0.39, 0.29) is 5.92 Å². The first-order valence-electron chi connectivity index (χ1n) is 8.53. The fraction of sp³-hybridized carbons (Fsp3) is 0.625. The highest BCUT2D eigenvalue weighted by Gasteiger charge is 2.32. The van der Waals surface area contributed by atoms with E-state index in [1.807, 2.05) is 23.9 Å². The number of hydrogen-bond acceptors (Lipinski definition) is 4. The number of carbonyl (C=O) groups is 1. The second kappa shape index (κ2) is 7.46. The van der Waals surface area contributed by atoms with Gasteiger partial charge in [-0.25, -0.2) is 0 Å². The minimum atomic E-state index is -4.31. The minimum Gasteiger partial charge on any atom is -0.342 e. The number of aromatic nitrogens is 5. The number of piperidine rings is 1. The number of amides is 1. The summed E-state index contributed by atoms with van der Waals surface area (Å²) in [6.45, 7) is 1.35. The van der Waals surface area contributed by atoms with Gasteiger partial charge in [0, 0.05) is 44.9 Å². The number of carbonyl (C=O) groups excluding carboxylic acids is 1. The molecule has 3 heterocycles. The molecular formula is C16H21F3N6O. The SMILES string of the molecule is Cn1c(Cn2cccn2)nnc1[C@@H]1CCCN(C(=O)CCC(F)(F)F)C1. The second-order valence-corrected chi connectivity index (χ2v) is 6.53. The van der Waals surface area contributed by atoms with Gasteiger partial charge in [-0.2, -0.15) is 18.3 Å². The molecule has 26 heavy (non-hydrogen) atoms.